The van der Waals surface area contributed by atoms with Crippen molar-refractivity contribution in [3.05, 3.63) is 29.8 Å². The third-order valence-electron chi connectivity index (χ3n) is 4.44. The van der Waals surface area contributed by atoms with Crippen molar-refractivity contribution in [1.82, 2.24) is 5.06 Å². The molecule has 0 aromatic heterocycles. The summed E-state index contributed by atoms with van der Waals surface area (Å²) in [7, 11) is 0. The van der Waals surface area contributed by atoms with Crippen LogP contribution < -0.4 is 4.74 Å². The maximum absolute atomic E-state index is 11.0. The molecule has 0 bridgehead atoms. The van der Waals surface area contributed by atoms with Gasteiger partial charge in [0.15, 0.2) is 0 Å². The minimum atomic E-state index is -0.331. The van der Waals surface area contributed by atoms with E-state index in [0.717, 1.165) is 5.56 Å². The molecule has 1 saturated heterocycles. The lowest BCUT2D eigenvalue weighted by Gasteiger charge is -2.53. The molecular formula is C19H29NO4. The van der Waals surface area contributed by atoms with Crippen molar-refractivity contribution in [3.8, 4) is 5.75 Å². The zero-order valence-electron chi connectivity index (χ0n) is 15.5. The fourth-order valence-electron chi connectivity index (χ4n) is 3.69. The van der Waals surface area contributed by atoms with Gasteiger partial charge in [0, 0.05) is 18.0 Å². The number of carbonyl (C=O) groups is 1. The number of aliphatic hydroxyl groups is 1. The van der Waals surface area contributed by atoms with Crippen molar-refractivity contribution >= 4 is 5.97 Å². The summed E-state index contributed by atoms with van der Waals surface area (Å²) >= 11 is 0. The zero-order valence-corrected chi connectivity index (χ0v) is 15.5. The van der Waals surface area contributed by atoms with Crippen LogP contribution in [0.2, 0.25) is 0 Å². The van der Waals surface area contributed by atoms with Gasteiger partial charge in [0.1, 0.15) is 11.9 Å². The third-order valence-corrected chi connectivity index (χ3v) is 4.44. The van der Waals surface area contributed by atoms with Crippen LogP contribution in [-0.2, 0) is 9.63 Å². The number of hydrogen-bond donors (Lipinski definition) is 1. The Balaban J connectivity index is 2.12. The van der Waals surface area contributed by atoms with E-state index >= 15 is 0 Å². The molecule has 1 heterocycles. The summed E-state index contributed by atoms with van der Waals surface area (Å²) < 4.78 is 5.06. The highest BCUT2D eigenvalue weighted by atomic mass is 16.7. The SMILES string of the molecule is CC(=O)Oc1ccc(C(C)ON2C(C)(C)CC(O)CC2(C)C)cc1. The topological polar surface area (TPSA) is 59.0 Å². The monoisotopic (exact) mass is 335 g/mol. The molecule has 1 aliphatic rings. The molecule has 1 unspecified atom stereocenters. The van der Waals surface area contributed by atoms with E-state index in [1.54, 1.807) is 12.1 Å². The summed E-state index contributed by atoms with van der Waals surface area (Å²) in [5.74, 6) is 0.197. The highest BCUT2D eigenvalue weighted by Gasteiger charge is 2.46. The van der Waals surface area contributed by atoms with E-state index in [4.69, 9.17) is 9.57 Å². The molecule has 2 rings (SSSR count). The second-order valence-corrected chi connectivity index (χ2v) is 7.89. The van der Waals surface area contributed by atoms with Crippen molar-refractivity contribution in [3.63, 3.8) is 0 Å². The molecule has 1 N–H and O–H groups in total. The van der Waals surface area contributed by atoms with Crippen molar-refractivity contribution < 1.29 is 19.5 Å². The van der Waals surface area contributed by atoms with Crippen LogP contribution in [0.15, 0.2) is 24.3 Å². The van der Waals surface area contributed by atoms with Gasteiger partial charge >= 0.3 is 5.97 Å². The quantitative estimate of drug-likeness (QED) is 0.673. The summed E-state index contributed by atoms with van der Waals surface area (Å²) in [6, 6.07) is 7.35. The number of esters is 1. The molecule has 0 saturated carbocycles. The lowest BCUT2D eigenvalue weighted by atomic mass is 9.80. The Kier molecular flexibility index (Phi) is 5.37. The van der Waals surface area contributed by atoms with Crippen molar-refractivity contribution in [2.75, 3.05) is 0 Å². The predicted octanol–water partition coefficient (Wildman–Crippen LogP) is 3.62. The molecule has 0 amide bonds. The van der Waals surface area contributed by atoms with Gasteiger partial charge in [0.25, 0.3) is 0 Å². The molecule has 0 aliphatic carbocycles. The van der Waals surface area contributed by atoms with Gasteiger partial charge in [-0.15, -0.1) is 0 Å². The minimum absolute atomic E-state index is 0.148. The minimum Gasteiger partial charge on any atom is -0.427 e. The summed E-state index contributed by atoms with van der Waals surface area (Å²) in [6.07, 6.45) is 0.890. The van der Waals surface area contributed by atoms with Gasteiger partial charge in [-0.05, 0) is 65.2 Å². The average Bonchev–Trinajstić information content (AvgIpc) is 2.41. The van der Waals surface area contributed by atoms with Crippen LogP contribution >= 0.6 is 0 Å². The van der Waals surface area contributed by atoms with E-state index < -0.39 is 0 Å². The Bertz CT molecular complexity index is 562. The standard InChI is InChI=1S/C19H29NO4/c1-13(15-7-9-17(10-8-15)23-14(2)21)24-20-18(3,4)11-16(22)12-19(20,5)6/h7-10,13,16,22H,11-12H2,1-6H3. The highest BCUT2D eigenvalue weighted by Crippen LogP contribution is 2.40. The third kappa shape index (κ3) is 4.35. The number of carbonyl (C=O) groups excluding carboxylic acids is 1. The van der Waals surface area contributed by atoms with Crippen molar-refractivity contribution in [2.24, 2.45) is 0 Å². The molecule has 1 fully saturated rings. The van der Waals surface area contributed by atoms with Crippen molar-refractivity contribution in [2.45, 2.75) is 77.7 Å². The van der Waals surface area contributed by atoms with Gasteiger partial charge < -0.3 is 9.84 Å². The average molecular weight is 335 g/mol. The summed E-state index contributed by atoms with van der Waals surface area (Å²) in [4.78, 5) is 17.3. The molecule has 1 aromatic carbocycles. The largest absolute Gasteiger partial charge is 0.427 e. The summed E-state index contributed by atoms with van der Waals surface area (Å²) in [5, 5.41) is 12.2. The molecule has 5 nitrogen and oxygen atoms in total. The van der Waals surface area contributed by atoms with Crippen LogP contribution in [0.4, 0.5) is 0 Å². The van der Waals surface area contributed by atoms with E-state index in [0.29, 0.717) is 18.6 Å². The smallest absolute Gasteiger partial charge is 0.308 e. The van der Waals surface area contributed by atoms with Crippen molar-refractivity contribution in [1.29, 1.82) is 0 Å². The van der Waals surface area contributed by atoms with Gasteiger partial charge in [-0.2, -0.15) is 5.06 Å². The zero-order chi connectivity index (χ0) is 18.1. The lowest BCUT2D eigenvalue weighted by Crippen LogP contribution is -2.61. The number of rotatable bonds is 4. The van der Waals surface area contributed by atoms with Crippen LogP contribution in [0.25, 0.3) is 0 Å². The first-order chi connectivity index (χ1) is 11.0. The number of nitrogens with zero attached hydrogens (tertiary/aromatic N) is 1. The molecule has 134 valence electrons. The number of benzene rings is 1. The van der Waals surface area contributed by atoms with Gasteiger partial charge in [0.2, 0.25) is 0 Å². The summed E-state index contributed by atoms with van der Waals surface area (Å²) in [5.41, 5.74) is 0.490. The second kappa shape index (κ2) is 6.82. The van der Waals surface area contributed by atoms with Crippen LogP contribution in [0.1, 0.15) is 66.1 Å². The maximum Gasteiger partial charge on any atom is 0.308 e. The predicted molar refractivity (Wildman–Crippen MR) is 92.5 cm³/mol. The second-order valence-electron chi connectivity index (χ2n) is 7.89. The van der Waals surface area contributed by atoms with Crippen LogP contribution in [0.5, 0.6) is 5.75 Å². The Morgan fingerprint density at radius 2 is 1.67 bits per heavy atom. The number of ether oxygens (including phenoxy) is 1. The first kappa shape index (κ1) is 18.9. The van der Waals surface area contributed by atoms with Gasteiger partial charge in [-0.1, -0.05) is 12.1 Å². The fraction of sp³-hybridized carbons (Fsp3) is 0.632. The molecule has 0 radical (unpaired) electrons. The van der Waals surface area contributed by atoms with Crippen LogP contribution in [0.3, 0.4) is 0 Å². The lowest BCUT2D eigenvalue weighted by molar-refractivity contribution is -0.313. The van der Waals surface area contributed by atoms with Gasteiger partial charge in [0.05, 0.1) is 6.10 Å². The molecule has 1 aliphatic heterocycles. The van der Waals surface area contributed by atoms with Crippen LogP contribution in [0, 0.1) is 0 Å². The molecule has 1 aromatic rings. The Labute approximate surface area is 144 Å². The highest BCUT2D eigenvalue weighted by molar-refractivity contribution is 5.69. The molecule has 24 heavy (non-hydrogen) atoms. The molecule has 0 spiro atoms. The Hall–Kier alpha value is -1.43. The normalized spacial score (nSPS) is 22.1. The van der Waals surface area contributed by atoms with E-state index in [1.165, 1.54) is 6.92 Å². The molecule has 1 atom stereocenters. The van der Waals surface area contributed by atoms with E-state index in [-0.39, 0.29) is 29.3 Å². The number of hydrogen-bond acceptors (Lipinski definition) is 5. The van der Waals surface area contributed by atoms with Gasteiger partial charge in [-0.25, -0.2) is 0 Å². The van der Waals surface area contributed by atoms with E-state index in [2.05, 4.69) is 27.7 Å². The van der Waals surface area contributed by atoms with E-state index in [1.807, 2.05) is 24.1 Å². The number of hydroxylamine groups is 2. The number of piperidine rings is 1. The first-order valence-corrected chi connectivity index (χ1v) is 8.45. The Morgan fingerprint density at radius 1 is 1.17 bits per heavy atom. The molecular weight excluding hydrogens is 306 g/mol. The summed E-state index contributed by atoms with van der Waals surface area (Å²) in [6.45, 7) is 11.7. The maximum atomic E-state index is 11.0. The first-order valence-electron chi connectivity index (χ1n) is 8.45. The van der Waals surface area contributed by atoms with E-state index in [9.17, 15) is 9.90 Å². The van der Waals surface area contributed by atoms with Gasteiger partial charge in [-0.3, -0.25) is 9.63 Å². The fourth-order valence-corrected chi connectivity index (χ4v) is 3.69. The number of aliphatic hydroxyl groups excluding tert-OH is 1. The molecule has 5 heteroatoms. The van der Waals surface area contributed by atoms with Crippen LogP contribution in [-0.4, -0.2) is 33.3 Å². The Morgan fingerprint density at radius 3 is 2.12 bits per heavy atom.